The summed E-state index contributed by atoms with van der Waals surface area (Å²) in [5.74, 6) is -0.148. The Morgan fingerprint density at radius 3 is 2.08 bits per heavy atom. The van der Waals surface area contributed by atoms with Crippen LogP contribution in [0.4, 0.5) is 0 Å². The van der Waals surface area contributed by atoms with Gasteiger partial charge in [0, 0.05) is 15.1 Å². The van der Waals surface area contributed by atoms with E-state index in [9.17, 15) is 4.79 Å². The highest BCUT2D eigenvalue weighted by Crippen LogP contribution is 2.33. The highest BCUT2D eigenvalue weighted by Gasteiger charge is 2.27. The summed E-state index contributed by atoms with van der Waals surface area (Å²) in [7, 11) is 0. The van der Waals surface area contributed by atoms with E-state index in [-0.39, 0.29) is 11.3 Å². The molecule has 0 aliphatic rings. The molecule has 0 atom stereocenters. The van der Waals surface area contributed by atoms with Gasteiger partial charge in [-0.3, -0.25) is 9.78 Å². The van der Waals surface area contributed by atoms with Crippen LogP contribution in [0, 0.1) is 0 Å². The molecule has 0 bridgehead atoms. The Balaban J connectivity index is 2.34. The van der Waals surface area contributed by atoms with Crippen LogP contribution in [0.15, 0.2) is 45.5 Å². The number of benzene rings is 1. The SMILES string of the molecule is CC(C)(C)c1cc(Br)c(C(=O)NC(C)(C)c2ccccn2)c(Br)c1. The summed E-state index contributed by atoms with van der Waals surface area (Å²) in [5.41, 5.74) is 2.00. The van der Waals surface area contributed by atoms with Gasteiger partial charge in [0.15, 0.2) is 0 Å². The van der Waals surface area contributed by atoms with Gasteiger partial charge in [-0.25, -0.2) is 0 Å². The lowest BCUT2D eigenvalue weighted by Gasteiger charge is -2.27. The number of amides is 1. The van der Waals surface area contributed by atoms with Crippen LogP contribution in [-0.2, 0) is 11.0 Å². The maximum Gasteiger partial charge on any atom is 0.254 e. The molecule has 128 valence electrons. The van der Waals surface area contributed by atoms with Gasteiger partial charge < -0.3 is 5.32 Å². The lowest BCUT2D eigenvalue weighted by Crippen LogP contribution is -2.41. The maximum absolute atomic E-state index is 12.8. The minimum absolute atomic E-state index is 0.00722. The van der Waals surface area contributed by atoms with Crippen LogP contribution < -0.4 is 5.32 Å². The molecule has 0 saturated carbocycles. The molecule has 0 radical (unpaired) electrons. The quantitative estimate of drug-likeness (QED) is 0.659. The molecule has 0 unspecified atom stereocenters. The number of pyridine rings is 1. The van der Waals surface area contributed by atoms with E-state index >= 15 is 0 Å². The number of aromatic nitrogens is 1. The van der Waals surface area contributed by atoms with Crippen molar-refractivity contribution in [1.82, 2.24) is 10.3 Å². The molecule has 0 spiro atoms. The lowest BCUT2D eigenvalue weighted by molar-refractivity contribution is 0.0908. The topological polar surface area (TPSA) is 42.0 Å². The van der Waals surface area contributed by atoms with Gasteiger partial charge in [0.1, 0.15) is 0 Å². The molecule has 1 N–H and O–H groups in total. The molecule has 5 heteroatoms. The molecule has 0 aliphatic carbocycles. The first-order valence-electron chi connectivity index (χ1n) is 7.76. The number of halogens is 2. The molecular weight excluding hydrogens is 432 g/mol. The van der Waals surface area contributed by atoms with E-state index in [1.54, 1.807) is 6.20 Å². The highest BCUT2D eigenvalue weighted by molar-refractivity contribution is 9.11. The monoisotopic (exact) mass is 452 g/mol. The van der Waals surface area contributed by atoms with Crippen LogP contribution in [0.2, 0.25) is 0 Å². The van der Waals surface area contributed by atoms with Gasteiger partial charge in [0.05, 0.1) is 16.8 Å². The smallest absolute Gasteiger partial charge is 0.254 e. The molecule has 0 fully saturated rings. The average molecular weight is 454 g/mol. The summed E-state index contributed by atoms with van der Waals surface area (Å²) in [4.78, 5) is 17.2. The standard InChI is InChI=1S/C19H22Br2N2O/c1-18(2,3)12-10-13(20)16(14(21)11-12)17(24)23-19(4,5)15-8-6-7-9-22-15/h6-11H,1-5H3,(H,23,24). The molecule has 0 saturated heterocycles. The maximum atomic E-state index is 12.8. The normalized spacial score (nSPS) is 12.1. The fourth-order valence-corrected chi connectivity index (χ4v) is 3.91. The van der Waals surface area contributed by atoms with Crippen LogP contribution in [0.1, 0.15) is 56.2 Å². The van der Waals surface area contributed by atoms with Crippen molar-refractivity contribution in [3.05, 3.63) is 62.3 Å². The number of rotatable bonds is 3. The molecule has 3 nitrogen and oxygen atoms in total. The van der Waals surface area contributed by atoms with Crippen molar-refractivity contribution in [2.24, 2.45) is 0 Å². The number of hydrogen-bond donors (Lipinski definition) is 1. The Morgan fingerprint density at radius 2 is 1.62 bits per heavy atom. The summed E-state index contributed by atoms with van der Waals surface area (Å²) < 4.78 is 1.55. The van der Waals surface area contributed by atoms with Crippen molar-refractivity contribution in [2.45, 2.75) is 45.6 Å². The molecule has 2 aromatic rings. The molecule has 0 aliphatic heterocycles. The first kappa shape index (κ1) is 19.1. The van der Waals surface area contributed by atoms with Gasteiger partial charge in [0.25, 0.3) is 5.91 Å². The van der Waals surface area contributed by atoms with Crippen molar-refractivity contribution in [2.75, 3.05) is 0 Å². The molecular formula is C19H22Br2N2O. The molecule has 24 heavy (non-hydrogen) atoms. The number of carbonyl (C=O) groups excluding carboxylic acids is 1. The zero-order valence-electron chi connectivity index (χ0n) is 14.6. The fraction of sp³-hybridized carbons (Fsp3) is 0.368. The third-order valence-corrected chi connectivity index (χ3v) is 5.12. The predicted octanol–water partition coefficient (Wildman–Crippen LogP) is 5.57. The van der Waals surface area contributed by atoms with Gasteiger partial charge in [-0.15, -0.1) is 0 Å². The summed E-state index contributed by atoms with van der Waals surface area (Å²) in [6, 6.07) is 9.70. The van der Waals surface area contributed by atoms with E-state index in [4.69, 9.17) is 0 Å². The van der Waals surface area contributed by atoms with Gasteiger partial charge >= 0.3 is 0 Å². The zero-order chi connectivity index (χ0) is 18.1. The summed E-state index contributed by atoms with van der Waals surface area (Å²) >= 11 is 7.10. The Labute approximate surface area is 160 Å². The second-order valence-corrected chi connectivity index (χ2v) is 9.07. The zero-order valence-corrected chi connectivity index (χ0v) is 17.7. The molecule has 1 amide bonds. The predicted molar refractivity (Wildman–Crippen MR) is 105 cm³/mol. The van der Waals surface area contributed by atoms with E-state index in [1.165, 1.54) is 0 Å². The van der Waals surface area contributed by atoms with Crippen molar-refractivity contribution >= 4 is 37.8 Å². The number of carbonyl (C=O) groups is 1. The summed E-state index contributed by atoms with van der Waals surface area (Å²) in [5, 5.41) is 3.07. The van der Waals surface area contributed by atoms with Crippen LogP contribution in [-0.4, -0.2) is 10.9 Å². The van der Waals surface area contributed by atoms with Crippen molar-refractivity contribution in [3.8, 4) is 0 Å². The molecule has 1 aromatic heterocycles. The molecule has 1 aromatic carbocycles. The molecule has 1 heterocycles. The third kappa shape index (κ3) is 4.25. The van der Waals surface area contributed by atoms with Gasteiger partial charge in [0.2, 0.25) is 0 Å². The van der Waals surface area contributed by atoms with E-state index in [2.05, 4.69) is 62.9 Å². The van der Waals surface area contributed by atoms with E-state index in [0.717, 1.165) is 20.2 Å². The Kier molecular flexibility index (Phi) is 5.55. The third-order valence-electron chi connectivity index (χ3n) is 3.87. The van der Waals surface area contributed by atoms with Crippen LogP contribution in [0.5, 0.6) is 0 Å². The summed E-state index contributed by atoms with van der Waals surface area (Å²) in [6.07, 6.45) is 1.73. The minimum Gasteiger partial charge on any atom is -0.341 e. The van der Waals surface area contributed by atoms with Crippen LogP contribution in [0.3, 0.4) is 0 Å². The Morgan fingerprint density at radius 1 is 1.04 bits per heavy atom. The van der Waals surface area contributed by atoms with Gasteiger partial charge in [-0.2, -0.15) is 0 Å². The van der Waals surface area contributed by atoms with Crippen LogP contribution in [0.25, 0.3) is 0 Å². The first-order valence-corrected chi connectivity index (χ1v) is 9.34. The Hall–Kier alpha value is -1.20. The highest BCUT2D eigenvalue weighted by atomic mass is 79.9. The van der Waals surface area contributed by atoms with Crippen molar-refractivity contribution in [3.63, 3.8) is 0 Å². The first-order chi connectivity index (χ1) is 11.0. The number of hydrogen-bond acceptors (Lipinski definition) is 2. The van der Waals surface area contributed by atoms with Crippen LogP contribution >= 0.6 is 31.9 Å². The average Bonchev–Trinajstić information content (AvgIpc) is 2.46. The number of nitrogens with one attached hydrogen (secondary N) is 1. The lowest BCUT2D eigenvalue weighted by atomic mass is 9.86. The fourth-order valence-electron chi connectivity index (χ4n) is 2.37. The van der Waals surface area contributed by atoms with Crippen molar-refractivity contribution in [1.29, 1.82) is 0 Å². The second kappa shape index (κ2) is 6.96. The van der Waals surface area contributed by atoms with Gasteiger partial charge in [-0.1, -0.05) is 26.8 Å². The largest absolute Gasteiger partial charge is 0.341 e. The summed E-state index contributed by atoms with van der Waals surface area (Å²) in [6.45, 7) is 10.3. The van der Waals surface area contributed by atoms with Gasteiger partial charge in [-0.05, 0) is 81.0 Å². The van der Waals surface area contributed by atoms with Crippen molar-refractivity contribution < 1.29 is 4.79 Å². The number of nitrogens with zero attached hydrogens (tertiary/aromatic N) is 1. The van der Waals surface area contributed by atoms with E-state index in [1.807, 2.05) is 44.2 Å². The minimum atomic E-state index is -0.570. The van der Waals surface area contributed by atoms with E-state index < -0.39 is 5.54 Å². The second-order valence-electron chi connectivity index (χ2n) is 7.36. The molecule has 2 rings (SSSR count). The van der Waals surface area contributed by atoms with E-state index in [0.29, 0.717) is 5.56 Å². The Bertz CT molecular complexity index is 727.